The Morgan fingerprint density at radius 1 is 1.17 bits per heavy atom. The third-order valence-electron chi connectivity index (χ3n) is 5.07. The van der Waals surface area contributed by atoms with Gasteiger partial charge in [0.05, 0.1) is 24.9 Å². The van der Waals surface area contributed by atoms with Gasteiger partial charge in [-0.15, -0.1) is 0 Å². The second-order valence-electron chi connectivity index (χ2n) is 7.58. The van der Waals surface area contributed by atoms with Crippen LogP contribution in [-0.4, -0.2) is 40.3 Å². The van der Waals surface area contributed by atoms with Gasteiger partial charge >= 0.3 is 0 Å². The van der Waals surface area contributed by atoms with Crippen LogP contribution >= 0.6 is 0 Å². The highest BCUT2D eigenvalue weighted by atomic mass is 16.5. The van der Waals surface area contributed by atoms with E-state index in [4.69, 9.17) is 14.5 Å². The number of hydrogen-bond acceptors (Lipinski definition) is 6. The lowest BCUT2D eigenvalue weighted by Gasteiger charge is -2.35. The molecule has 0 aliphatic carbocycles. The van der Waals surface area contributed by atoms with E-state index in [1.807, 2.05) is 50.2 Å². The molecule has 4 rings (SSSR count). The molecule has 0 saturated carbocycles. The molecule has 0 radical (unpaired) electrons. The molecule has 30 heavy (non-hydrogen) atoms. The van der Waals surface area contributed by atoms with E-state index in [9.17, 15) is 4.79 Å². The Kier molecular flexibility index (Phi) is 5.81. The van der Waals surface area contributed by atoms with Crippen LogP contribution in [-0.2, 0) is 11.8 Å². The first kappa shape index (κ1) is 20.1. The fourth-order valence-corrected chi connectivity index (χ4v) is 3.61. The van der Waals surface area contributed by atoms with Crippen LogP contribution in [0, 0.1) is 0 Å². The summed E-state index contributed by atoms with van der Waals surface area (Å²) in [6, 6.07) is 13.2. The molecule has 0 spiro atoms. The summed E-state index contributed by atoms with van der Waals surface area (Å²) < 4.78 is 13.6. The lowest BCUT2D eigenvalue weighted by molar-refractivity contribution is 0.0364. The quantitative estimate of drug-likeness (QED) is 0.648. The van der Waals surface area contributed by atoms with Gasteiger partial charge in [0.25, 0.3) is 5.56 Å². The first-order valence-electron chi connectivity index (χ1n) is 10.1. The smallest absolute Gasteiger partial charge is 0.255 e. The SMILES string of the molecule is CC(C)Oc1ccccc1C1CN(c2nc(-c3ccncc3)cc(=O)n2C)CCO1. The minimum absolute atomic E-state index is 0.0744. The van der Waals surface area contributed by atoms with Crippen molar-refractivity contribution in [3.63, 3.8) is 0 Å². The largest absolute Gasteiger partial charge is 0.491 e. The molecule has 1 aliphatic heterocycles. The van der Waals surface area contributed by atoms with E-state index in [-0.39, 0.29) is 17.8 Å². The van der Waals surface area contributed by atoms with Gasteiger partial charge in [-0.05, 0) is 32.0 Å². The van der Waals surface area contributed by atoms with Gasteiger partial charge in [-0.2, -0.15) is 0 Å². The summed E-state index contributed by atoms with van der Waals surface area (Å²) in [6.45, 7) is 5.79. The van der Waals surface area contributed by atoms with Crippen molar-refractivity contribution in [2.24, 2.45) is 7.05 Å². The van der Waals surface area contributed by atoms with E-state index in [0.717, 1.165) is 16.9 Å². The molecule has 7 heteroatoms. The van der Waals surface area contributed by atoms with Gasteiger partial charge in [0.15, 0.2) is 0 Å². The molecule has 3 heterocycles. The third-order valence-corrected chi connectivity index (χ3v) is 5.07. The average Bonchev–Trinajstić information content (AvgIpc) is 2.76. The Morgan fingerprint density at radius 3 is 2.70 bits per heavy atom. The van der Waals surface area contributed by atoms with Crippen LogP contribution in [0.3, 0.4) is 0 Å². The predicted octanol–water partition coefficient (Wildman–Crippen LogP) is 3.21. The van der Waals surface area contributed by atoms with Crippen LogP contribution in [0.2, 0.25) is 0 Å². The van der Waals surface area contributed by atoms with Crippen molar-refractivity contribution in [1.82, 2.24) is 14.5 Å². The minimum atomic E-state index is -0.171. The van der Waals surface area contributed by atoms with Crippen LogP contribution in [0.5, 0.6) is 5.75 Å². The molecular formula is C23H26N4O3. The molecule has 0 N–H and O–H groups in total. The molecule has 7 nitrogen and oxygen atoms in total. The summed E-state index contributed by atoms with van der Waals surface area (Å²) in [5.74, 6) is 1.46. The Morgan fingerprint density at radius 2 is 1.93 bits per heavy atom. The monoisotopic (exact) mass is 406 g/mol. The summed E-state index contributed by atoms with van der Waals surface area (Å²) in [5, 5.41) is 0. The average molecular weight is 406 g/mol. The summed E-state index contributed by atoms with van der Waals surface area (Å²) in [6.07, 6.45) is 3.30. The first-order chi connectivity index (χ1) is 14.5. The van der Waals surface area contributed by atoms with Gasteiger partial charge in [-0.1, -0.05) is 18.2 Å². The van der Waals surface area contributed by atoms with Crippen molar-refractivity contribution >= 4 is 5.95 Å². The van der Waals surface area contributed by atoms with Crippen LogP contribution < -0.4 is 15.2 Å². The van der Waals surface area contributed by atoms with Crippen molar-refractivity contribution < 1.29 is 9.47 Å². The number of anilines is 1. The molecule has 0 bridgehead atoms. The molecule has 3 aromatic rings. The first-order valence-corrected chi connectivity index (χ1v) is 10.1. The molecule has 1 aliphatic rings. The molecule has 1 atom stereocenters. The maximum Gasteiger partial charge on any atom is 0.255 e. The zero-order chi connectivity index (χ0) is 21.1. The van der Waals surface area contributed by atoms with Crippen molar-refractivity contribution in [2.75, 3.05) is 24.6 Å². The zero-order valence-corrected chi connectivity index (χ0v) is 17.5. The normalized spacial score (nSPS) is 16.7. The number of benzene rings is 1. The number of hydrogen-bond donors (Lipinski definition) is 0. The Bertz CT molecular complexity index is 1070. The van der Waals surface area contributed by atoms with Crippen molar-refractivity contribution in [3.05, 3.63) is 70.8 Å². The Balaban J connectivity index is 1.66. The number of para-hydroxylation sites is 1. The minimum Gasteiger partial charge on any atom is -0.491 e. The molecule has 156 valence electrons. The molecule has 2 aromatic heterocycles. The lowest BCUT2D eigenvalue weighted by atomic mass is 10.1. The van der Waals surface area contributed by atoms with Gasteiger partial charge in [0.2, 0.25) is 5.95 Å². The fraction of sp³-hybridized carbons (Fsp3) is 0.348. The molecule has 1 aromatic carbocycles. The number of rotatable bonds is 5. The van der Waals surface area contributed by atoms with E-state index in [0.29, 0.717) is 31.3 Å². The van der Waals surface area contributed by atoms with E-state index in [1.165, 1.54) is 0 Å². The Labute approximate surface area is 175 Å². The van der Waals surface area contributed by atoms with Gasteiger partial charge in [0, 0.05) is 43.2 Å². The number of nitrogens with zero attached hydrogens (tertiary/aromatic N) is 4. The van der Waals surface area contributed by atoms with Crippen LogP contribution in [0.25, 0.3) is 11.3 Å². The van der Waals surface area contributed by atoms with E-state index in [1.54, 1.807) is 30.1 Å². The van der Waals surface area contributed by atoms with Gasteiger partial charge in [0.1, 0.15) is 11.9 Å². The fourth-order valence-electron chi connectivity index (χ4n) is 3.61. The van der Waals surface area contributed by atoms with Crippen molar-refractivity contribution in [2.45, 2.75) is 26.1 Å². The van der Waals surface area contributed by atoms with Crippen molar-refractivity contribution in [3.8, 4) is 17.0 Å². The molecule has 1 unspecified atom stereocenters. The standard InChI is InChI=1S/C23H26N4O3/c1-16(2)30-20-7-5-4-6-18(20)21-15-27(12-13-29-21)23-25-19(14-22(28)26(23)3)17-8-10-24-11-9-17/h4-11,14,16,21H,12-13,15H2,1-3H3. The third kappa shape index (κ3) is 4.21. The summed E-state index contributed by atoms with van der Waals surface area (Å²) in [4.78, 5) is 23.6. The highest BCUT2D eigenvalue weighted by molar-refractivity contribution is 5.59. The van der Waals surface area contributed by atoms with Crippen LogP contribution in [0.4, 0.5) is 5.95 Å². The molecule has 0 amide bonds. The lowest BCUT2D eigenvalue weighted by Crippen LogP contribution is -2.41. The summed E-state index contributed by atoms with van der Waals surface area (Å²) in [5.41, 5.74) is 2.41. The van der Waals surface area contributed by atoms with E-state index in [2.05, 4.69) is 9.88 Å². The molecule has 1 saturated heterocycles. The zero-order valence-electron chi connectivity index (χ0n) is 17.5. The number of aromatic nitrogens is 3. The van der Waals surface area contributed by atoms with Gasteiger partial charge in [-0.3, -0.25) is 14.3 Å². The highest BCUT2D eigenvalue weighted by Crippen LogP contribution is 2.32. The topological polar surface area (TPSA) is 69.5 Å². The maximum atomic E-state index is 12.6. The van der Waals surface area contributed by atoms with Crippen LogP contribution in [0.1, 0.15) is 25.5 Å². The molecule has 1 fully saturated rings. The van der Waals surface area contributed by atoms with Crippen molar-refractivity contribution in [1.29, 1.82) is 0 Å². The number of pyridine rings is 1. The highest BCUT2D eigenvalue weighted by Gasteiger charge is 2.27. The van der Waals surface area contributed by atoms with E-state index >= 15 is 0 Å². The number of ether oxygens (including phenoxy) is 2. The van der Waals surface area contributed by atoms with E-state index < -0.39 is 0 Å². The van der Waals surface area contributed by atoms with Gasteiger partial charge < -0.3 is 14.4 Å². The molecular weight excluding hydrogens is 380 g/mol. The number of morpholine rings is 1. The van der Waals surface area contributed by atoms with Gasteiger partial charge in [-0.25, -0.2) is 4.98 Å². The second kappa shape index (κ2) is 8.67. The predicted molar refractivity (Wildman–Crippen MR) is 116 cm³/mol. The Hall–Kier alpha value is -3.19. The second-order valence-corrected chi connectivity index (χ2v) is 7.58. The summed E-state index contributed by atoms with van der Waals surface area (Å²) in [7, 11) is 1.75. The van der Waals surface area contributed by atoms with Crippen LogP contribution in [0.15, 0.2) is 59.7 Å². The summed E-state index contributed by atoms with van der Waals surface area (Å²) >= 11 is 0. The maximum absolute atomic E-state index is 12.6.